The average Bonchev–Trinajstić information content (AvgIpc) is 2.38. The van der Waals surface area contributed by atoms with Crippen molar-refractivity contribution in [2.75, 3.05) is 0 Å². The normalized spacial score (nSPS) is 24.5. The fourth-order valence-corrected chi connectivity index (χ4v) is 2.33. The number of primary amides is 1. The van der Waals surface area contributed by atoms with Crippen LogP contribution in [0.3, 0.4) is 0 Å². The summed E-state index contributed by atoms with van der Waals surface area (Å²) in [6, 6.07) is 6.42. The summed E-state index contributed by atoms with van der Waals surface area (Å²) in [7, 11) is 0. The van der Waals surface area contributed by atoms with Gasteiger partial charge in [-0.2, -0.15) is 0 Å². The minimum Gasteiger partial charge on any atom is -0.369 e. The molecule has 92 valence electrons. The third kappa shape index (κ3) is 3.53. The number of pyridine rings is 1. The number of hydrogen-bond donors (Lipinski definition) is 2. The molecule has 4 heteroatoms. The molecule has 0 unspecified atom stereocenters. The standard InChI is InChI=1S/C13H19N3O/c14-13(17)10-4-6-11(7-5-10)16-9-12-3-1-2-8-15-12/h1-3,8,10-11,16H,4-7,9H2,(H2,14,17). The molecule has 2 rings (SSSR count). The van der Waals surface area contributed by atoms with Gasteiger partial charge in [0, 0.05) is 24.7 Å². The zero-order valence-electron chi connectivity index (χ0n) is 9.93. The van der Waals surface area contributed by atoms with Crippen LogP contribution in [-0.2, 0) is 11.3 Å². The minimum atomic E-state index is -0.145. The van der Waals surface area contributed by atoms with E-state index in [-0.39, 0.29) is 11.8 Å². The lowest BCUT2D eigenvalue weighted by Gasteiger charge is -2.27. The largest absolute Gasteiger partial charge is 0.369 e. The lowest BCUT2D eigenvalue weighted by molar-refractivity contribution is -0.122. The first-order valence-corrected chi connectivity index (χ1v) is 6.18. The van der Waals surface area contributed by atoms with Gasteiger partial charge >= 0.3 is 0 Å². The van der Waals surface area contributed by atoms with Gasteiger partial charge in [-0.1, -0.05) is 6.07 Å². The second kappa shape index (κ2) is 5.77. The Morgan fingerprint density at radius 3 is 2.71 bits per heavy atom. The number of carbonyl (C=O) groups excluding carboxylic acids is 1. The molecule has 1 aliphatic carbocycles. The second-order valence-electron chi connectivity index (χ2n) is 4.65. The van der Waals surface area contributed by atoms with E-state index in [1.807, 2.05) is 18.2 Å². The highest BCUT2D eigenvalue weighted by Crippen LogP contribution is 2.23. The maximum atomic E-state index is 11.0. The van der Waals surface area contributed by atoms with Crippen molar-refractivity contribution in [2.45, 2.75) is 38.3 Å². The van der Waals surface area contributed by atoms with Gasteiger partial charge in [0.1, 0.15) is 0 Å². The Kier molecular flexibility index (Phi) is 4.09. The molecule has 1 aliphatic rings. The first-order valence-electron chi connectivity index (χ1n) is 6.18. The number of nitrogens with one attached hydrogen (secondary N) is 1. The van der Waals surface area contributed by atoms with E-state index in [0.717, 1.165) is 37.9 Å². The smallest absolute Gasteiger partial charge is 0.220 e. The molecule has 1 heterocycles. The number of aromatic nitrogens is 1. The molecule has 4 nitrogen and oxygen atoms in total. The van der Waals surface area contributed by atoms with Crippen molar-refractivity contribution in [2.24, 2.45) is 11.7 Å². The van der Waals surface area contributed by atoms with Crippen LogP contribution in [0.25, 0.3) is 0 Å². The van der Waals surface area contributed by atoms with Gasteiger partial charge in [-0.25, -0.2) is 0 Å². The van der Waals surface area contributed by atoms with Gasteiger partial charge in [0.25, 0.3) is 0 Å². The zero-order chi connectivity index (χ0) is 12.1. The predicted octanol–water partition coefficient (Wildman–Crippen LogP) is 1.22. The molecule has 1 amide bonds. The van der Waals surface area contributed by atoms with Crippen molar-refractivity contribution in [3.8, 4) is 0 Å². The molecule has 0 atom stereocenters. The van der Waals surface area contributed by atoms with E-state index in [2.05, 4.69) is 10.3 Å². The van der Waals surface area contributed by atoms with Crippen LogP contribution in [-0.4, -0.2) is 16.9 Å². The van der Waals surface area contributed by atoms with Crippen LogP contribution in [0.2, 0.25) is 0 Å². The Hall–Kier alpha value is -1.42. The van der Waals surface area contributed by atoms with E-state index < -0.39 is 0 Å². The summed E-state index contributed by atoms with van der Waals surface area (Å²) in [6.45, 7) is 0.798. The van der Waals surface area contributed by atoms with E-state index in [0.29, 0.717) is 6.04 Å². The van der Waals surface area contributed by atoms with Crippen LogP contribution in [0.1, 0.15) is 31.4 Å². The molecular weight excluding hydrogens is 214 g/mol. The molecule has 1 fully saturated rings. The SMILES string of the molecule is NC(=O)C1CCC(NCc2ccccn2)CC1. The van der Waals surface area contributed by atoms with E-state index in [4.69, 9.17) is 5.73 Å². The van der Waals surface area contributed by atoms with Crippen LogP contribution in [0.5, 0.6) is 0 Å². The van der Waals surface area contributed by atoms with Crippen LogP contribution in [0.4, 0.5) is 0 Å². The maximum absolute atomic E-state index is 11.0. The van der Waals surface area contributed by atoms with Crippen LogP contribution < -0.4 is 11.1 Å². The summed E-state index contributed by atoms with van der Waals surface area (Å²) in [5.74, 6) is -0.0592. The molecule has 0 aliphatic heterocycles. The van der Waals surface area contributed by atoms with E-state index in [9.17, 15) is 4.79 Å². The molecule has 1 aromatic heterocycles. The summed E-state index contributed by atoms with van der Waals surface area (Å²) in [5.41, 5.74) is 6.37. The number of rotatable bonds is 4. The van der Waals surface area contributed by atoms with Crippen molar-refractivity contribution in [1.82, 2.24) is 10.3 Å². The third-order valence-electron chi connectivity index (χ3n) is 3.43. The van der Waals surface area contributed by atoms with Gasteiger partial charge in [0.05, 0.1) is 5.69 Å². The zero-order valence-corrected chi connectivity index (χ0v) is 9.93. The molecule has 1 saturated carbocycles. The molecule has 1 aromatic rings. The topological polar surface area (TPSA) is 68.0 Å². The molecular formula is C13H19N3O. The van der Waals surface area contributed by atoms with Crippen LogP contribution in [0.15, 0.2) is 24.4 Å². The highest BCUT2D eigenvalue weighted by Gasteiger charge is 2.24. The second-order valence-corrected chi connectivity index (χ2v) is 4.65. The van der Waals surface area contributed by atoms with Crippen molar-refractivity contribution < 1.29 is 4.79 Å². The lowest BCUT2D eigenvalue weighted by atomic mass is 9.85. The predicted molar refractivity (Wildman–Crippen MR) is 66.0 cm³/mol. The summed E-state index contributed by atoms with van der Waals surface area (Å²) in [6.07, 6.45) is 5.69. The highest BCUT2D eigenvalue weighted by molar-refractivity contribution is 5.76. The molecule has 0 aromatic carbocycles. The van der Waals surface area contributed by atoms with Crippen LogP contribution in [0, 0.1) is 5.92 Å². The molecule has 17 heavy (non-hydrogen) atoms. The minimum absolute atomic E-state index is 0.0860. The lowest BCUT2D eigenvalue weighted by Crippen LogP contribution is -2.36. The molecule has 0 saturated heterocycles. The third-order valence-corrected chi connectivity index (χ3v) is 3.43. The Balaban J connectivity index is 1.74. The van der Waals surface area contributed by atoms with Gasteiger partial charge in [-0.05, 0) is 37.8 Å². The summed E-state index contributed by atoms with van der Waals surface area (Å²) < 4.78 is 0. The van der Waals surface area contributed by atoms with Crippen molar-refractivity contribution in [3.63, 3.8) is 0 Å². The quantitative estimate of drug-likeness (QED) is 0.821. The number of nitrogens with two attached hydrogens (primary N) is 1. The number of carbonyl (C=O) groups is 1. The Bertz CT molecular complexity index is 358. The van der Waals surface area contributed by atoms with Gasteiger partial charge < -0.3 is 11.1 Å². The maximum Gasteiger partial charge on any atom is 0.220 e. The Morgan fingerprint density at radius 1 is 1.35 bits per heavy atom. The average molecular weight is 233 g/mol. The highest BCUT2D eigenvalue weighted by atomic mass is 16.1. The van der Waals surface area contributed by atoms with Gasteiger partial charge in [-0.3, -0.25) is 9.78 Å². The fraction of sp³-hybridized carbons (Fsp3) is 0.538. The Labute approximate surface area is 102 Å². The van der Waals surface area contributed by atoms with Gasteiger partial charge in [0.2, 0.25) is 5.91 Å². The van der Waals surface area contributed by atoms with E-state index in [1.165, 1.54) is 0 Å². The monoisotopic (exact) mass is 233 g/mol. The van der Waals surface area contributed by atoms with Crippen molar-refractivity contribution in [1.29, 1.82) is 0 Å². The van der Waals surface area contributed by atoms with Crippen molar-refractivity contribution >= 4 is 5.91 Å². The first-order chi connectivity index (χ1) is 8.25. The van der Waals surface area contributed by atoms with E-state index in [1.54, 1.807) is 6.20 Å². The summed E-state index contributed by atoms with van der Waals surface area (Å²) in [5, 5.41) is 3.48. The summed E-state index contributed by atoms with van der Waals surface area (Å²) >= 11 is 0. The number of hydrogen-bond acceptors (Lipinski definition) is 3. The van der Waals surface area contributed by atoms with Crippen LogP contribution >= 0.6 is 0 Å². The molecule has 0 radical (unpaired) electrons. The molecule has 0 bridgehead atoms. The fourth-order valence-electron chi connectivity index (χ4n) is 2.33. The Morgan fingerprint density at radius 2 is 2.12 bits per heavy atom. The number of amides is 1. The van der Waals surface area contributed by atoms with Crippen molar-refractivity contribution in [3.05, 3.63) is 30.1 Å². The van der Waals surface area contributed by atoms with Gasteiger partial charge in [-0.15, -0.1) is 0 Å². The summed E-state index contributed by atoms with van der Waals surface area (Å²) in [4.78, 5) is 15.3. The first kappa shape index (κ1) is 12.0. The number of nitrogens with zero attached hydrogens (tertiary/aromatic N) is 1. The van der Waals surface area contributed by atoms with E-state index >= 15 is 0 Å². The molecule has 0 spiro atoms. The molecule has 3 N–H and O–H groups in total. The van der Waals surface area contributed by atoms with Gasteiger partial charge in [0.15, 0.2) is 0 Å².